The van der Waals surface area contributed by atoms with E-state index in [9.17, 15) is 14.4 Å². The van der Waals surface area contributed by atoms with Crippen LogP contribution in [0.25, 0.3) is 0 Å². The Kier molecular flexibility index (Phi) is 4.90. The van der Waals surface area contributed by atoms with Crippen LogP contribution >= 0.6 is 0 Å². The molecule has 0 saturated carbocycles. The topological polar surface area (TPSA) is 91.4 Å². The van der Waals surface area contributed by atoms with E-state index in [4.69, 9.17) is 18.9 Å². The summed E-state index contributed by atoms with van der Waals surface area (Å²) in [5.41, 5.74) is 0.231. The van der Waals surface area contributed by atoms with Gasteiger partial charge < -0.3 is 18.9 Å². The van der Waals surface area contributed by atoms with Crippen molar-refractivity contribution in [1.29, 1.82) is 0 Å². The van der Waals surface area contributed by atoms with E-state index in [1.54, 1.807) is 12.1 Å². The molecule has 5 rings (SSSR count). The molecular formula is C25H27NO7. The minimum absolute atomic E-state index is 0.118. The quantitative estimate of drug-likeness (QED) is 0.382. The summed E-state index contributed by atoms with van der Waals surface area (Å²) in [5, 5.41) is 0. The molecule has 0 radical (unpaired) electrons. The molecule has 2 bridgehead atoms. The zero-order chi connectivity index (χ0) is 23.5. The molecule has 1 aromatic rings. The van der Waals surface area contributed by atoms with Crippen molar-refractivity contribution in [2.24, 2.45) is 0 Å². The molecule has 1 fully saturated rings. The molecule has 2 heterocycles. The Morgan fingerprint density at radius 2 is 1.94 bits per heavy atom. The van der Waals surface area contributed by atoms with Gasteiger partial charge in [0.2, 0.25) is 0 Å². The Labute approximate surface area is 192 Å². The molecule has 8 heteroatoms. The van der Waals surface area contributed by atoms with Gasteiger partial charge in [-0.25, -0.2) is 0 Å². The fourth-order valence-corrected chi connectivity index (χ4v) is 6.52. The largest absolute Gasteiger partial charge is 0.477 e. The maximum absolute atomic E-state index is 12.5. The highest BCUT2D eigenvalue weighted by Gasteiger charge is 2.74. The molecule has 4 atom stereocenters. The van der Waals surface area contributed by atoms with Gasteiger partial charge in [0, 0.05) is 45.8 Å². The van der Waals surface area contributed by atoms with Crippen molar-refractivity contribution in [3.8, 4) is 11.5 Å². The maximum atomic E-state index is 12.5. The van der Waals surface area contributed by atoms with Gasteiger partial charge in [0.1, 0.15) is 11.4 Å². The minimum Gasteiger partial charge on any atom is -0.477 e. The molecule has 0 N–H and O–H groups in total. The van der Waals surface area contributed by atoms with Crippen molar-refractivity contribution in [2.75, 3.05) is 13.1 Å². The third-order valence-corrected chi connectivity index (χ3v) is 7.35. The van der Waals surface area contributed by atoms with Crippen LogP contribution in [0, 0.1) is 0 Å². The lowest BCUT2D eigenvalue weighted by atomic mass is 9.50. The minimum atomic E-state index is -0.929. The van der Waals surface area contributed by atoms with E-state index in [-0.39, 0.29) is 12.0 Å². The summed E-state index contributed by atoms with van der Waals surface area (Å²) in [4.78, 5) is 38.5. The molecule has 33 heavy (non-hydrogen) atoms. The number of piperidine rings is 1. The van der Waals surface area contributed by atoms with E-state index in [1.165, 1.54) is 20.8 Å². The maximum Gasteiger partial charge on any atom is 0.308 e. The molecule has 8 nitrogen and oxygen atoms in total. The molecule has 0 aromatic heterocycles. The highest BCUT2D eigenvalue weighted by molar-refractivity contribution is 5.74. The first kappa shape index (κ1) is 21.7. The van der Waals surface area contributed by atoms with E-state index in [0.717, 1.165) is 17.7 Å². The van der Waals surface area contributed by atoms with E-state index in [0.29, 0.717) is 43.1 Å². The molecule has 174 valence electrons. The van der Waals surface area contributed by atoms with Gasteiger partial charge in [-0.2, -0.15) is 0 Å². The average Bonchev–Trinajstić information content (AvgIpc) is 3.08. The molecular weight excluding hydrogens is 426 g/mol. The fraction of sp³-hybridized carbons (Fsp3) is 0.480. The molecule has 1 aromatic carbocycles. The van der Waals surface area contributed by atoms with Crippen LogP contribution in [-0.2, 0) is 35.7 Å². The van der Waals surface area contributed by atoms with Gasteiger partial charge in [-0.15, -0.1) is 6.58 Å². The number of rotatable bonds is 5. The van der Waals surface area contributed by atoms with Gasteiger partial charge >= 0.3 is 17.9 Å². The number of ether oxygens (including phenoxy) is 4. The van der Waals surface area contributed by atoms with E-state index < -0.39 is 29.1 Å². The van der Waals surface area contributed by atoms with Crippen LogP contribution in [0.5, 0.6) is 11.5 Å². The van der Waals surface area contributed by atoms with Crippen molar-refractivity contribution in [3.63, 3.8) is 0 Å². The first-order chi connectivity index (χ1) is 15.7. The smallest absolute Gasteiger partial charge is 0.308 e. The number of hydrogen-bond donors (Lipinski definition) is 0. The van der Waals surface area contributed by atoms with Crippen molar-refractivity contribution >= 4 is 17.9 Å². The first-order valence-electron chi connectivity index (χ1n) is 11.2. The Bertz CT molecular complexity index is 1110. The summed E-state index contributed by atoms with van der Waals surface area (Å²) in [6, 6.07) is 3.58. The predicted octanol–water partition coefficient (Wildman–Crippen LogP) is 2.58. The van der Waals surface area contributed by atoms with Crippen LogP contribution in [0.2, 0.25) is 0 Å². The Morgan fingerprint density at radius 1 is 1.18 bits per heavy atom. The summed E-state index contributed by atoms with van der Waals surface area (Å²) in [6.07, 6.45) is 4.60. The molecule has 0 amide bonds. The first-order valence-corrected chi connectivity index (χ1v) is 11.2. The van der Waals surface area contributed by atoms with Gasteiger partial charge in [-0.1, -0.05) is 12.1 Å². The summed E-state index contributed by atoms with van der Waals surface area (Å²) >= 11 is 0. The zero-order valence-electron chi connectivity index (χ0n) is 19.0. The molecule has 2 aliphatic carbocycles. The number of likely N-dealkylation sites (tertiary alicyclic amines) is 1. The standard InChI is InChI=1S/C25H27NO7/c1-5-11-26-12-10-24-21-17-6-7-18(30-14(2)27)22(21)32-23(24)19(31-15(3)28)8-9-25(24,20(26)13-17)33-16(4)29/h5-8,20,23H,1,9-13H2,2-4H3/t20-,23+,24+,25-/m1/s1. The van der Waals surface area contributed by atoms with Crippen molar-refractivity contribution < 1.29 is 33.3 Å². The lowest BCUT2D eigenvalue weighted by Crippen LogP contribution is -2.76. The second kappa shape index (κ2) is 7.45. The van der Waals surface area contributed by atoms with E-state index >= 15 is 0 Å². The number of carbonyl (C=O) groups excluding carboxylic acids is 3. The lowest BCUT2D eigenvalue weighted by molar-refractivity contribution is -0.205. The van der Waals surface area contributed by atoms with E-state index in [2.05, 4.69) is 11.5 Å². The zero-order valence-corrected chi connectivity index (χ0v) is 19.0. The van der Waals surface area contributed by atoms with Crippen LogP contribution in [-0.4, -0.2) is 53.6 Å². The van der Waals surface area contributed by atoms with Crippen LogP contribution < -0.4 is 9.47 Å². The number of hydrogen-bond acceptors (Lipinski definition) is 8. The van der Waals surface area contributed by atoms with Crippen LogP contribution in [0.1, 0.15) is 44.7 Å². The van der Waals surface area contributed by atoms with Crippen LogP contribution in [0.15, 0.2) is 36.6 Å². The SMILES string of the molecule is C=CCN1CC[C@]23c4c5ccc(OC(C)=O)c4O[C@H]2C(OC(C)=O)=CC[C@@]3(OC(C)=O)[C@H]1C5. The monoisotopic (exact) mass is 453 g/mol. The fourth-order valence-electron chi connectivity index (χ4n) is 6.52. The number of nitrogens with zero attached hydrogens (tertiary/aromatic N) is 1. The van der Waals surface area contributed by atoms with Gasteiger partial charge in [0.25, 0.3) is 0 Å². The molecule has 1 saturated heterocycles. The highest BCUT2D eigenvalue weighted by Crippen LogP contribution is 2.66. The van der Waals surface area contributed by atoms with Crippen LogP contribution in [0.3, 0.4) is 0 Å². The van der Waals surface area contributed by atoms with Gasteiger partial charge in [-0.3, -0.25) is 19.3 Å². The van der Waals surface area contributed by atoms with Crippen LogP contribution in [0.4, 0.5) is 0 Å². The number of carbonyl (C=O) groups is 3. The Balaban J connectivity index is 1.79. The summed E-state index contributed by atoms with van der Waals surface area (Å²) < 4.78 is 23.8. The van der Waals surface area contributed by atoms with E-state index in [1.807, 2.05) is 12.1 Å². The van der Waals surface area contributed by atoms with Crippen molar-refractivity contribution in [2.45, 2.75) is 63.2 Å². The lowest BCUT2D eigenvalue weighted by Gasteiger charge is -2.63. The molecule has 2 aliphatic heterocycles. The summed E-state index contributed by atoms with van der Waals surface area (Å²) in [7, 11) is 0. The second-order valence-corrected chi connectivity index (χ2v) is 9.13. The second-order valence-electron chi connectivity index (χ2n) is 9.13. The number of esters is 3. The molecule has 0 unspecified atom stereocenters. The highest BCUT2D eigenvalue weighted by atomic mass is 16.6. The Hall–Kier alpha value is -3.13. The Morgan fingerprint density at radius 3 is 2.61 bits per heavy atom. The summed E-state index contributed by atoms with van der Waals surface area (Å²) in [5.74, 6) is -0.113. The summed E-state index contributed by atoms with van der Waals surface area (Å²) in [6.45, 7) is 9.39. The normalized spacial score (nSPS) is 30.9. The third kappa shape index (κ3) is 2.89. The van der Waals surface area contributed by atoms with Gasteiger partial charge in [0.05, 0.1) is 11.5 Å². The van der Waals surface area contributed by atoms with Gasteiger partial charge in [0.15, 0.2) is 17.6 Å². The third-order valence-electron chi connectivity index (χ3n) is 7.35. The number of benzene rings is 1. The molecule has 1 spiro atoms. The van der Waals surface area contributed by atoms with Gasteiger partial charge in [-0.05, 0) is 30.5 Å². The predicted molar refractivity (Wildman–Crippen MR) is 117 cm³/mol. The molecule has 4 aliphatic rings. The van der Waals surface area contributed by atoms with Crippen molar-refractivity contribution in [1.82, 2.24) is 4.90 Å². The average molecular weight is 453 g/mol. The van der Waals surface area contributed by atoms with Crippen molar-refractivity contribution in [3.05, 3.63) is 47.7 Å².